The van der Waals surface area contributed by atoms with E-state index in [0.29, 0.717) is 15.7 Å². The molecule has 0 aliphatic heterocycles. The summed E-state index contributed by atoms with van der Waals surface area (Å²) in [6, 6.07) is 3.99. The van der Waals surface area contributed by atoms with Crippen molar-refractivity contribution in [1.82, 2.24) is 9.97 Å². The first-order chi connectivity index (χ1) is 9.60. The number of thiazole rings is 1. The second kappa shape index (κ2) is 6.50. The number of nitriles is 1. The lowest BCUT2D eigenvalue weighted by molar-refractivity contribution is -0.113. The fourth-order valence-corrected chi connectivity index (χ4v) is 3.06. The highest BCUT2D eigenvalue weighted by molar-refractivity contribution is 8.00. The van der Waals surface area contributed by atoms with Crippen LogP contribution in [0.1, 0.15) is 16.8 Å². The Labute approximate surface area is 125 Å². The minimum atomic E-state index is -0.158. The SMILES string of the molecule is Cc1cc(C)c(C#N)c(SCC(=O)Nc2nccs2)n1. The molecule has 0 bridgehead atoms. The molecular weight excluding hydrogens is 292 g/mol. The lowest BCUT2D eigenvalue weighted by Crippen LogP contribution is -2.14. The zero-order valence-corrected chi connectivity index (χ0v) is 12.6. The van der Waals surface area contributed by atoms with Gasteiger partial charge in [0.05, 0.1) is 11.3 Å². The van der Waals surface area contributed by atoms with Crippen LogP contribution in [0.5, 0.6) is 0 Å². The molecular formula is C13H12N4OS2. The van der Waals surface area contributed by atoms with Crippen LogP contribution in [-0.2, 0) is 4.79 Å². The van der Waals surface area contributed by atoms with E-state index in [1.165, 1.54) is 23.1 Å². The van der Waals surface area contributed by atoms with Crippen molar-refractivity contribution in [2.45, 2.75) is 18.9 Å². The molecule has 2 aromatic heterocycles. The van der Waals surface area contributed by atoms with Crippen LogP contribution in [0, 0.1) is 25.2 Å². The number of nitrogens with zero attached hydrogens (tertiary/aromatic N) is 3. The van der Waals surface area contributed by atoms with Crippen LogP contribution in [0.2, 0.25) is 0 Å². The van der Waals surface area contributed by atoms with Crippen molar-refractivity contribution in [3.05, 3.63) is 34.5 Å². The third kappa shape index (κ3) is 3.56. The first-order valence-corrected chi connectivity index (χ1v) is 7.67. The van der Waals surface area contributed by atoms with Crippen molar-refractivity contribution < 1.29 is 4.79 Å². The molecule has 7 heteroatoms. The third-order valence-corrected chi connectivity index (χ3v) is 4.11. The minimum Gasteiger partial charge on any atom is -0.301 e. The summed E-state index contributed by atoms with van der Waals surface area (Å²) >= 11 is 2.63. The Morgan fingerprint density at radius 3 is 3.00 bits per heavy atom. The molecule has 0 saturated carbocycles. The van der Waals surface area contributed by atoms with Crippen LogP contribution in [0.4, 0.5) is 5.13 Å². The Morgan fingerprint density at radius 2 is 2.35 bits per heavy atom. The van der Waals surface area contributed by atoms with Gasteiger partial charge in [-0.1, -0.05) is 11.8 Å². The van der Waals surface area contributed by atoms with Crippen LogP contribution in [-0.4, -0.2) is 21.6 Å². The number of aromatic nitrogens is 2. The zero-order valence-electron chi connectivity index (χ0n) is 11.0. The summed E-state index contributed by atoms with van der Waals surface area (Å²) in [6.07, 6.45) is 1.63. The third-order valence-electron chi connectivity index (χ3n) is 2.44. The quantitative estimate of drug-likeness (QED) is 0.879. The summed E-state index contributed by atoms with van der Waals surface area (Å²) < 4.78 is 0. The van der Waals surface area contributed by atoms with E-state index in [1.807, 2.05) is 19.9 Å². The van der Waals surface area contributed by atoms with E-state index >= 15 is 0 Å². The van der Waals surface area contributed by atoms with E-state index in [4.69, 9.17) is 5.26 Å². The molecule has 0 aliphatic carbocycles. The van der Waals surface area contributed by atoms with Gasteiger partial charge in [-0.2, -0.15) is 5.26 Å². The minimum absolute atomic E-state index is 0.158. The van der Waals surface area contributed by atoms with Gasteiger partial charge in [-0.25, -0.2) is 9.97 Å². The lowest BCUT2D eigenvalue weighted by Gasteiger charge is -2.07. The fourth-order valence-electron chi connectivity index (χ4n) is 1.62. The molecule has 0 aromatic carbocycles. The number of anilines is 1. The summed E-state index contributed by atoms with van der Waals surface area (Å²) in [4.78, 5) is 20.1. The Kier molecular flexibility index (Phi) is 4.71. The number of amides is 1. The van der Waals surface area contributed by atoms with Crippen LogP contribution in [0.15, 0.2) is 22.7 Å². The van der Waals surface area contributed by atoms with Crippen molar-refractivity contribution in [2.24, 2.45) is 0 Å². The van der Waals surface area contributed by atoms with Crippen LogP contribution < -0.4 is 5.32 Å². The van der Waals surface area contributed by atoms with E-state index in [2.05, 4.69) is 21.4 Å². The normalized spacial score (nSPS) is 10.1. The van der Waals surface area contributed by atoms with Gasteiger partial charge in [-0.3, -0.25) is 4.79 Å². The Morgan fingerprint density at radius 1 is 1.55 bits per heavy atom. The molecule has 1 amide bonds. The molecule has 20 heavy (non-hydrogen) atoms. The number of carbonyl (C=O) groups excluding carboxylic acids is 1. The van der Waals surface area contributed by atoms with Gasteiger partial charge in [-0.15, -0.1) is 11.3 Å². The highest BCUT2D eigenvalue weighted by Gasteiger charge is 2.12. The van der Waals surface area contributed by atoms with E-state index in [9.17, 15) is 4.79 Å². The number of hydrogen-bond donors (Lipinski definition) is 1. The maximum atomic E-state index is 11.8. The maximum absolute atomic E-state index is 11.8. The monoisotopic (exact) mass is 304 g/mol. The van der Waals surface area contributed by atoms with Gasteiger partial charge in [0.25, 0.3) is 0 Å². The fraction of sp³-hybridized carbons (Fsp3) is 0.231. The molecule has 0 saturated heterocycles. The van der Waals surface area contributed by atoms with Crippen LogP contribution >= 0.6 is 23.1 Å². The second-order valence-electron chi connectivity index (χ2n) is 4.05. The van der Waals surface area contributed by atoms with Crippen molar-refractivity contribution in [2.75, 3.05) is 11.1 Å². The summed E-state index contributed by atoms with van der Waals surface area (Å²) in [7, 11) is 0. The van der Waals surface area contributed by atoms with Gasteiger partial charge in [0.15, 0.2) is 5.13 Å². The first kappa shape index (κ1) is 14.5. The van der Waals surface area contributed by atoms with Crippen molar-refractivity contribution in [1.29, 1.82) is 5.26 Å². The number of hydrogen-bond acceptors (Lipinski definition) is 6. The maximum Gasteiger partial charge on any atom is 0.236 e. The number of nitrogens with one attached hydrogen (secondary N) is 1. The highest BCUT2D eigenvalue weighted by Crippen LogP contribution is 2.23. The molecule has 2 heterocycles. The summed E-state index contributed by atoms with van der Waals surface area (Å²) in [5.41, 5.74) is 2.25. The predicted molar refractivity (Wildman–Crippen MR) is 79.9 cm³/mol. The number of aryl methyl sites for hydroxylation is 2. The van der Waals surface area contributed by atoms with Crippen molar-refractivity contribution >= 4 is 34.1 Å². The molecule has 0 radical (unpaired) electrons. The number of pyridine rings is 1. The second-order valence-corrected chi connectivity index (χ2v) is 5.91. The Bertz CT molecular complexity index is 662. The van der Waals surface area contributed by atoms with E-state index in [-0.39, 0.29) is 11.7 Å². The van der Waals surface area contributed by atoms with Gasteiger partial charge >= 0.3 is 0 Å². The zero-order chi connectivity index (χ0) is 14.5. The molecule has 2 aromatic rings. The van der Waals surface area contributed by atoms with Crippen LogP contribution in [0.25, 0.3) is 0 Å². The van der Waals surface area contributed by atoms with E-state index in [1.54, 1.807) is 11.6 Å². The topological polar surface area (TPSA) is 78.7 Å². The van der Waals surface area contributed by atoms with Gasteiger partial charge in [-0.05, 0) is 25.5 Å². The first-order valence-electron chi connectivity index (χ1n) is 5.80. The predicted octanol–water partition coefficient (Wildman–Crippen LogP) is 2.76. The van der Waals surface area contributed by atoms with Crippen molar-refractivity contribution in [3.8, 4) is 6.07 Å². The molecule has 0 spiro atoms. The average Bonchev–Trinajstić information content (AvgIpc) is 2.88. The largest absolute Gasteiger partial charge is 0.301 e. The smallest absolute Gasteiger partial charge is 0.236 e. The highest BCUT2D eigenvalue weighted by atomic mass is 32.2. The Balaban J connectivity index is 2.04. The molecule has 2 rings (SSSR count). The lowest BCUT2D eigenvalue weighted by atomic mass is 10.1. The van der Waals surface area contributed by atoms with Gasteiger partial charge in [0.2, 0.25) is 5.91 Å². The standard InChI is InChI=1S/C13H12N4OS2/c1-8-5-9(2)16-12(10(8)6-14)20-7-11(18)17-13-15-3-4-19-13/h3-5H,7H2,1-2H3,(H,15,17,18). The molecule has 5 nitrogen and oxygen atoms in total. The summed E-state index contributed by atoms with van der Waals surface area (Å²) in [6.45, 7) is 3.74. The number of rotatable bonds is 4. The Hall–Kier alpha value is -1.91. The summed E-state index contributed by atoms with van der Waals surface area (Å²) in [5, 5.41) is 14.8. The number of thioether (sulfide) groups is 1. The van der Waals surface area contributed by atoms with E-state index in [0.717, 1.165) is 11.3 Å². The number of carbonyl (C=O) groups is 1. The average molecular weight is 304 g/mol. The molecule has 0 atom stereocenters. The summed E-state index contributed by atoms with van der Waals surface area (Å²) in [5.74, 6) is 0.0410. The van der Waals surface area contributed by atoms with Crippen molar-refractivity contribution in [3.63, 3.8) is 0 Å². The molecule has 0 fully saturated rings. The molecule has 102 valence electrons. The van der Waals surface area contributed by atoms with Gasteiger partial charge < -0.3 is 5.32 Å². The molecule has 0 aliphatic rings. The van der Waals surface area contributed by atoms with E-state index < -0.39 is 0 Å². The van der Waals surface area contributed by atoms with Crippen LogP contribution in [0.3, 0.4) is 0 Å². The van der Waals surface area contributed by atoms with Gasteiger partial charge in [0, 0.05) is 17.3 Å². The van der Waals surface area contributed by atoms with Gasteiger partial charge in [0.1, 0.15) is 11.1 Å². The molecule has 1 N–H and O–H groups in total. The molecule has 0 unspecified atom stereocenters.